The van der Waals surface area contributed by atoms with Crippen molar-refractivity contribution < 1.29 is 4.79 Å². The van der Waals surface area contributed by atoms with Crippen molar-refractivity contribution in [3.63, 3.8) is 0 Å². The maximum absolute atomic E-state index is 12.6. The van der Waals surface area contributed by atoms with E-state index in [9.17, 15) is 4.79 Å². The lowest BCUT2D eigenvalue weighted by atomic mass is 9.73. The number of carbonyl (C=O) groups excluding carboxylic acids is 1. The summed E-state index contributed by atoms with van der Waals surface area (Å²) >= 11 is 0. The molecule has 0 saturated heterocycles. The summed E-state index contributed by atoms with van der Waals surface area (Å²) in [6, 6.07) is 0. The first kappa shape index (κ1) is 12.9. The Labute approximate surface area is 105 Å². The van der Waals surface area contributed by atoms with E-state index in [0.29, 0.717) is 12.5 Å². The third kappa shape index (κ3) is 2.65. The van der Waals surface area contributed by atoms with E-state index in [1.807, 2.05) is 11.9 Å². The zero-order valence-electron chi connectivity index (χ0n) is 11.1. The first-order valence-electron chi connectivity index (χ1n) is 7.13. The molecule has 2 fully saturated rings. The van der Waals surface area contributed by atoms with Gasteiger partial charge in [-0.3, -0.25) is 4.79 Å². The van der Waals surface area contributed by atoms with E-state index in [2.05, 4.69) is 0 Å². The minimum Gasteiger partial charge on any atom is -0.345 e. The average molecular weight is 238 g/mol. The summed E-state index contributed by atoms with van der Waals surface area (Å²) in [6.07, 6.45) is 9.53. The molecule has 17 heavy (non-hydrogen) atoms. The molecule has 2 aliphatic rings. The number of rotatable bonds is 4. The largest absolute Gasteiger partial charge is 0.345 e. The molecule has 0 aromatic rings. The second-order valence-corrected chi connectivity index (χ2v) is 6.03. The van der Waals surface area contributed by atoms with Gasteiger partial charge in [-0.2, -0.15) is 0 Å². The Balaban J connectivity index is 1.94. The molecule has 0 heterocycles. The normalized spacial score (nSPS) is 24.1. The molecule has 0 spiro atoms. The maximum atomic E-state index is 12.6. The highest BCUT2D eigenvalue weighted by atomic mass is 16.2. The topological polar surface area (TPSA) is 46.3 Å². The van der Waals surface area contributed by atoms with Gasteiger partial charge >= 0.3 is 0 Å². The average Bonchev–Trinajstić information content (AvgIpc) is 2.33. The number of hydrogen-bond donors (Lipinski definition) is 1. The first-order valence-corrected chi connectivity index (χ1v) is 7.13. The molecule has 0 radical (unpaired) electrons. The summed E-state index contributed by atoms with van der Waals surface area (Å²) in [5.41, 5.74) is 5.68. The zero-order valence-corrected chi connectivity index (χ0v) is 11.1. The van der Waals surface area contributed by atoms with E-state index < -0.39 is 0 Å². The van der Waals surface area contributed by atoms with Crippen molar-refractivity contribution in [2.75, 3.05) is 20.1 Å². The van der Waals surface area contributed by atoms with Gasteiger partial charge in [-0.15, -0.1) is 0 Å². The Morgan fingerprint density at radius 2 is 1.88 bits per heavy atom. The molecule has 1 amide bonds. The first-order chi connectivity index (χ1) is 8.18. The lowest BCUT2D eigenvalue weighted by molar-refractivity contribution is -0.143. The fraction of sp³-hybridized carbons (Fsp3) is 0.929. The van der Waals surface area contributed by atoms with E-state index in [1.54, 1.807) is 0 Å². The Morgan fingerprint density at radius 1 is 1.24 bits per heavy atom. The van der Waals surface area contributed by atoms with Crippen molar-refractivity contribution in [1.29, 1.82) is 0 Å². The molecule has 0 atom stereocenters. The highest BCUT2D eigenvalue weighted by Gasteiger charge is 2.40. The van der Waals surface area contributed by atoms with Crippen molar-refractivity contribution in [3.8, 4) is 0 Å². The van der Waals surface area contributed by atoms with Crippen LogP contribution < -0.4 is 5.73 Å². The third-order valence-electron chi connectivity index (χ3n) is 4.76. The minimum atomic E-state index is -0.225. The van der Waals surface area contributed by atoms with Gasteiger partial charge in [0.1, 0.15) is 0 Å². The lowest BCUT2D eigenvalue weighted by Gasteiger charge is -2.39. The second kappa shape index (κ2) is 5.38. The van der Waals surface area contributed by atoms with Gasteiger partial charge in [-0.1, -0.05) is 25.7 Å². The van der Waals surface area contributed by atoms with Crippen LogP contribution in [-0.2, 0) is 4.79 Å². The summed E-state index contributed by atoms with van der Waals surface area (Å²) in [6.45, 7) is 1.47. The summed E-state index contributed by atoms with van der Waals surface area (Å²) in [5, 5.41) is 0. The SMILES string of the molecule is CN(CC1CCC1)C(=O)C1(CN)CCCCC1. The number of nitrogens with two attached hydrogens (primary N) is 1. The Morgan fingerprint density at radius 3 is 2.35 bits per heavy atom. The van der Waals surface area contributed by atoms with Crippen molar-refractivity contribution in [2.45, 2.75) is 51.4 Å². The summed E-state index contributed by atoms with van der Waals surface area (Å²) in [5.74, 6) is 1.06. The minimum absolute atomic E-state index is 0.225. The summed E-state index contributed by atoms with van der Waals surface area (Å²) in [7, 11) is 1.96. The highest BCUT2D eigenvalue weighted by molar-refractivity contribution is 5.83. The van der Waals surface area contributed by atoms with E-state index in [-0.39, 0.29) is 5.41 Å². The van der Waals surface area contributed by atoms with Crippen LogP contribution in [0.4, 0.5) is 0 Å². The summed E-state index contributed by atoms with van der Waals surface area (Å²) in [4.78, 5) is 14.5. The van der Waals surface area contributed by atoms with Crippen LogP contribution in [0.15, 0.2) is 0 Å². The molecular weight excluding hydrogens is 212 g/mol. The fourth-order valence-corrected chi connectivity index (χ4v) is 3.28. The Kier molecular flexibility index (Phi) is 4.08. The van der Waals surface area contributed by atoms with Crippen LogP contribution in [0.3, 0.4) is 0 Å². The van der Waals surface area contributed by atoms with Gasteiger partial charge in [0.2, 0.25) is 5.91 Å². The molecule has 3 heteroatoms. The molecule has 0 bridgehead atoms. The smallest absolute Gasteiger partial charge is 0.229 e. The van der Waals surface area contributed by atoms with Gasteiger partial charge < -0.3 is 10.6 Å². The highest BCUT2D eigenvalue weighted by Crippen LogP contribution is 2.37. The van der Waals surface area contributed by atoms with Crippen LogP contribution in [0.1, 0.15) is 51.4 Å². The van der Waals surface area contributed by atoms with Crippen LogP contribution in [0, 0.1) is 11.3 Å². The molecule has 98 valence electrons. The third-order valence-corrected chi connectivity index (χ3v) is 4.76. The van der Waals surface area contributed by atoms with Gasteiger partial charge in [0, 0.05) is 20.1 Å². The van der Waals surface area contributed by atoms with Crippen LogP contribution >= 0.6 is 0 Å². The van der Waals surface area contributed by atoms with Crippen LogP contribution in [0.2, 0.25) is 0 Å². The van der Waals surface area contributed by atoms with E-state index in [4.69, 9.17) is 5.73 Å². The summed E-state index contributed by atoms with van der Waals surface area (Å²) < 4.78 is 0. The van der Waals surface area contributed by atoms with Gasteiger partial charge in [0.25, 0.3) is 0 Å². The van der Waals surface area contributed by atoms with Crippen molar-refractivity contribution in [2.24, 2.45) is 17.1 Å². The number of carbonyl (C=O) groups is 1. The predicted octanol–water partition coefficient (Wildman–Crippen LogP) is 2.15. The Hall–Kier alpha value is -0.570. The predicted molar refractivity (Wildman–Crippen MR) is 69.6 cm³/mol. The molecule has 0 unspecified atom stereocenters. The van der Waals surface area contributed by atoms with E-state index in [0.717, 1.165) is 25.3 Å². The molecular formula is C14H26N2O. The van der Waals surface area contributed by atoms with Crippen molar-refractivity contribution >= 4 is 5.91 Å². The molecule has 0 aromatic carbocycles. The van der Waals surface area contributed by atoms with Crippen molar-refractivity contribution in [1.82, 2.24) is 4.90 Å². The molecule has 2 aliphatic carbocycles. The standard InChI is InChI=1S/C14H26N2O/c1-16(10-12-6-5-7-12)13(17)14(11-15)8-3-2-4-9-14/h12H,2-11,15H2,1H3. The van der Waals surface area contributed by atoms with Crippen molar-refractivity contribution in [3.05, 3.63) is 0 Å². The van der Waals surface area contributed by atoms with E-state index >= 15 is 0 Å². The molecule has 2 saturated carbocycles. The molecule has 3 nitrogen and oxygen atoms in total. The molecule has 2 N–H and O–H groups in total. The van der Waals surface area contributed by atoms with Gasteiger partial charge in [-0.25, -0.2) is 0 Å². The Bertz CT molecular complexity index is 267. The van der Waals surface area contributed by atoms with Gasteiger partial charge in [0.05, 0.1) is 5.41 Å². The second-order valence-electron chi connectivity index (χ2n) is 6.03. The lowest BCUT2D eigenvalue weighted by Crippen LogP contribution is -2.49. The number of hydrogen-bond acceptors (Lipinski definition) is 2. The zero-order chi connectivity index (χ0) is 12.3. The van der Waals surface area contributed by atoms with Crippen LogP contribution in [-0.4, -0.2) is 30.9 Å². The number of nitrogens with zero attached hydrogens (tertiary/aromatic N) is 1. The van der Waals surface area contributed by atoms with Crippen LogP contribution in [0.5, 0.6) is 0 Å². The maximum Gasteiger partial charge on any atom is 0.229 e. The number of amides is 1. The fourth-order valence-electron chi connectivity index (χ4n) is 3.28. The van der Waals surface area contributed by atoms with Gasteiger partial charge in [-0.05, 0) is 31.6 Å². The molecule has 2 rings (SSSR count). The monoisotopic (exact) mass is 238 g/mol. The van der Waals surface area contributed by atoms with Crippen LogP contribution in [0.25, 0.3) is 0 Å². The molecule has 0 aliphatic heterocycles. The quantitative estimate of drug-likeness (QED) is 0.815. The van der Waals surface area contributed by atoms with Gasteiger partial charge in [0.15, 0.2) is 0 Å². The molecule has 0 aromatic heterocycles. The van der Waals surface area contributed by atoms with E-state index in [1.165, 1.54) is 38.5 Å².